The van der Waals surface area contributed by atoms with Crippen LogP contribution in [0.3, 0.4) is 0 Å². The largest absolute Gasteiger partial charge is 0.465 e. The molecule has 0 atom stereocenters. The summed E-state index contributed by atoms with van der Waals surface area (Å²) < 4.78 is 18.9. The third-order valence-electron chi connectivity index (χ3n) is 4.03. The molecule has 0 fully saturated rings. The number of benzene rings is 3. The molecule has 3 nitrogen and oxygen atoms in total. The molecule has 0 saturated heterocycles. The molecule has 0 saturated carbocycles. The van der Waals surface area contributed by atoms with Crippen LogP contribution in [0.15, 0.2) is 48.5 Å². The molecular weight excluding hydrogens is 305 g/mol. The van der Waals surface area contributed by atoms with Crippen LogP contribution in [-0.2, 0) is 4.74 Å². The lowest BCUT2D eigenvalue weighted by molar-refractivity contribution is 0.0601. The minimum absolute atomic E-state index is 0.350. The van der Waals surface area contributed by atoms with E-state index >= 15 is 0 Å². The van der Waals surface area contributed by atoms with Gasteiger partial charge in [0.15, 0.2) is 0 Å². The van der Waals surface area contributed by atoms with Gasteiger partial charge in [0.05, 0.1) is 24.3 Å². The third kappa shape index (κ3) is 2.61. The third-order valence-corrected chi connectivity index (χ3v) is 4.03. The molecule has 0 radical (unpaired) electrons. The van der Waals surface area contributed by atoms with Gasteiger partial charge in [-0.15, -0.1) is 0 Å². The highest BCUT2D eigenvalue weighted by molar-refractivity contribution is 6.02. The van der Waals surface area contributed by atoms with Gasteiger partial charge in [0.25, 0.3) is 0 Å². The van der Waals surface area contributed by atoms with Crippen molar-refractivity contribution in [3.05, 3.63) is 71.0 Å². The SMILES string of the molecule is COC(=O)c1ccc2c(F)ccc(-c3ccc(C#N)cc3C)c2c1. The van der Waals surface area contributed by atoms with E-state index in [0.717, 1.165) is 16.7 Å². The summed E-state index contributed by atoms with van der Waals surface area (Å²) in [6.07, 6.45) is 0. The van der Waals surface area contributed by atoms with Crippen molar-refractivity contribution in [1.29, 1.82) is 5.26 Å². The van der Waals surface area contributed by atoms with Gasteiger partial charge in [-0.05, 0) is 59.3 Å². The molecule has 4 heteroatoms. The molecule has 3 aromatic rings. The molecule has 0 N–H and O–H groups in total. The van der Waals surface area contributed by atoms with Crippen molar-refractivity contribution in [3.63, 3.8) is 0 Å². The minimum atomic E-state index is -0.469. The zero-order valence-corrected chi connectivity index (χ0v) is 13.3. The van der Waals surface area contributed by atoms with Crippen LogP contribution in [0.4, 0.5) is 4.39 Å². The maximum absolute atomic E-state index is 14.2. The van der Waals surface area contributed by atoms with E-state index in [0.29, 0.717) is 21.9 Å². The Morgan fingerprint density at radius 3 is 2.46 bits per heavy atom. The van der Waals surface area contributed by atoms with Crippen molar-refractivity contribution in [2.45, 2.75) is 6.92 Å². The van der Waals surface area contributed by atoms with E-state index in [2.05, 4.69) is 6.07 Å². The van der Waals surface area contributed by atoms with Gasteiger partial charge in [-0.25, -0.2) is 9.18 Å². The van der Waals surface area contributed by atoms with E-state index in [1.165, 1.54) is 13.2 Å². The van der Waals surface area contributed by atoms with Crippen LogP contribution in [0.1, 0.15) is 21.5 Å². The minimum Gasteiger partial charge on any atom is -0.465 e. The highest BCUT2D eigenvalue weighted by atomic mass is 19.1. The van der Waals surface area contributed by atoms with Crippen LogP contribution in [0.5, 0.6) is 0 Å². The lowest BCUT2D eigenvalue weighted by Gasteiger charge is -2.12. The fourth-order valence-electron chi connectivity index (χ4n) is 2.83. The van der Waals surface area contributed by atoms with Gasteiger partial charge in [-0.1, -0.05) is 18.2 Å². The summed E-state index contributed by atoms with van der Waals surface area (Å²) in [6.45, 7) is 1.90. The number of fused-ring (bicyclic) bond motifs is 1. The first-order valence-electron chi connectivity index (χ1n) is 7.37. The molecule has 0 aliphatic rings. The Kier molecular flexibility index (Phi) is 4.01. The summed E-state index contributed by atoms with van der Waals surface area (Å²) in [7, 11) is 1.31. The fraction of sp³-hybridized carbons (Fsp3) is 0.100. The topological polar surface area (TPSA) is 50.1 Å². The van der Waals surface area contributed by atoms with Gasteiger partial charge in [-0.3, -0.25) is 0 Å². The lowest BCUT2D eigenvalue weighted by atomic mass is 9.93. The monoisotopic (exact) mass is 319 g/mol. The molecule has 0 aromatic heterocycles. The number of esters is 1. The van der Waals surface area contributed by atoms with E-state index in [4.69, 9.17) is 10.00 Å². The van der Waals surface area contributed by atoms with E-state index in [1.54, 1.807) is 36.4 Å². The Balaban J connectivity index is 2.30. The quantitative estimate of drug-likeness (QED) is 0.648. The van der Waals surface area contributed by atoms with E-state index in [9.17, 15) is 9.18 Å². The molecule has 0 aliphatic carbocycles. The predicted octanol–water partition coefficient (Wildman–Crippen LogP) is 4.61. The van der Waals surface area contributed by atoms with Gasteiger partial charge in [0.1, 0.15) is 5.82 Å². The number of hydrogen-bond acceptors (Lipinski definition) is 3. The standard InChI is InChI=1S/C20H14FNO2/c1-12-9-13(11-22)3-5-15(12)16-7-8-19(21)17-6-4-14(10-18(16)17)20(23)24-2/h3-10H,1-2H3. The van der Waals surface area contributed by atoms with Crippen molar-refractivity contribution in [1.82, 2.24) is 0 Å². The number of ether oxygens (including phenoxy) is 1. The Hall–Kier alpha value is -3.19. The zero-order valence-electron chi connectivity index (χ0n) is 13.3. The second kappa shape index (κ2) is 6.13. The number of methoxy groups -OCH3 is 1. The van der Waals surface area contributed by atoms with Gasteiger partial charge >= 0.3 is 5.97 Å². The van der Waals surface area contributed by atoms with Crippen LogP contribution < -0.4 is 0 Å². The number of nitrogens with zero attached hydrogens (tertiary/aromatic N) is 1. The van der Waals surface area contributed by atoms with Crippen LogP contribution in [-0.4, -0.2) is 13.1 Å². The molecule has 0 unspecified atom stereocenters. The zero-order chi connectivity index (χ0) is 17.3. The summed E-state index contributed by atoms with van der Waals surface area (Å²) >= 11 is 0. The molecule has 3 rings (SSSR count). The smallest absolute Gasteiger partial charge is 0.337 e. The average Bonchev–Trinajstić information content (AvgIpc) is 2.61. The summed E-state index contributed by atoms with van der Waals surface area (Å²) in [6, 6.07) is 15.3. The Labute approximate surface area is 138 Å². The van der Waals surface area contributed by atoms with E-state index in [-0.39, 0.29) is 5.82 Å². The van der Waals surface area contributed by atoms with Gasteiger partial charge in [-0.2, -0.15) is 5.26 Å². The van der Waals surface area contributed by atoms with E-state index < -0.39 is 5.97 Å². The van der Waals surface area contributed by atoms with Gasteiger partial charge in [0.2, 0.25) is 0 Å². The number of carbonyl (C=O) groups excluding carboxylic acids is 1. The number of hydrogen-bond donors (Lipinski definition) is 0. The number of halogens is 1. The Morgan fingerprint density at radius 1 is 1.04 bits per heavy atom. The van der Waals surface area contributed by atoms with Crippen molar-refractivity contribution in [3.8, 4) is 17.2 Å². The summed E-state index contributed by atoms with van der Waals surface area (Å²) in [5.41, 5.74) is 3.53. The van der Waals surface area contributed by atoms with Gasteiger partial charge < -0.3 is 4.74 Å². The number of rotatable bonds is 2. The van der Waals surface area contributed by atoms with Crippen molar-refractivity contribution in [2.24, 2.45) is 0 Å². The molecule has 118 valence electrons. The van der Waals surface area contributed by atoms with Crippen LogP contribution in [0.2, 0.25) is 0 Å². The van der Waals surface area contributed by atoms with Gasteiger partial charge in [0, 0.05) is 5.39 Å². The number of carbonyl (C=O) groups is 1. The lowest BCUT2D eigenvalue weighted by Crippen LogP contribution is -2.01. The van der Waals surface area contributed by atoms with Crippen molar-refractivity contribution in [2.75, 3.05) is 7.11 Å². The Bertz CT molecular complexity index is 1000. The van der Waals surface area contributed by atoms with Crippen LogP contribution in [0, 0.1) is 24.1 Å². The molecule has 0 aliphatic heterocycles. The molecule has 0 bridgehead atoms. The molecule has 0 amide bonds. The highest BCUT2D eigenvalue weighted by Gasteiger charge is 2.13. The Morgan fingerprint density at radius 2 is 1.79 bits per heavy atom. The molecule has 0 spiro atoms. The second-order valence-corrected chi connectivity index (χ2v) is 5.49. The first kappa shape index (κ1) is 15.7. The first-order valence-corrected chi connectivity index (χ1v) is 7.37. The van der Waals surface area contributed by atoms with Crippen molar-refractivity contribution < 1.29 is 13.9 Å². The first-order chi connectivity index (χ1) is 11.5. The molecular formula is C20H14FNO2. The molecule has 3 aromatic carbocycles. The molecule has 24 heavy (non-hydrogen) atoms. The second-order valence-electron chi connectivity index (χ2n) is 5.49. The maximum atomic E-state index is 14.2. The number of aryl methyl sites for hydroxylation is 1. The summed E-state index contributed by atoms with van der Waals surface area (Å²) in [5, 5.41) is 10.1. The van der Waals surface area contributed by atoms with Crippen LogP contribution >= 0.6 is 0 Å². The number of nitriles is 1. The fourth-order valence-corrected chi connectivity index (χ4v) is 2.83. The maximum Gasteiger partial charge on any atom is 0.337 e. The predicted molar refractivity (Wildman–Crippen MR) is 90.1 cm³/mol. The van der Waals surface area contributed by atoms with Crippen molar-refractivity contribution >= 4 is 16.7 Å². The van der Waals surface area contributed by atoms with Crippen LogP contribution in [0.25, 0.3) is 21.9 Å². The highest BCUT2D eigenvalue weighted by Crippen LogP contribution is 2.33. The normalized spacial score (nSPS) is 10.4. The average molecular weight is 319 g/mol. The summed E-state index contributed by atoms with van der Waals surface area (Å²) in [5.74, 6) is -0.819. The summed E-state index contributed by atoms with van der Waals surface area (Å²) in [4.78, 5) is 11.8. The molecule has 0 heterocycles. The van der Waals surface area contributed by atoms with E-state index in [1.807, 2.05) is 13.0 Å².